The Bertz CT molecular complexity index is 842. The van der Waals surface area contributed by atoms with E-state index < -0.39 is 17.3 Å². The van der Waals surface area contributed by atoms with Gasteiger partial charge < -0.3 is 14.8 Å². The molecule has 0 fully saturated rings. The van der Waals surface area contributed by atoms with Crippen LogP contribution in [0.5, 0.6) is 5.75 Å². The van der Waals surface area contributed by atoms with Crippen molar-refractivity contribution in [2.45, 2.75) is 0 Å². The van der Waals surface area contributed by atoms with Crippen molar-refractivity contribution in [1.82, 2.24) is 9.97 Å². The average molecular weight is 286 g/mol. The van der Waals surface area contributed by atoms with Crippen molar-refractivity contribution in [3.8, 4) is 17.1 Å². The topological polar surface area (TPSA) is 75.2 Å². The first-order chi connectivity index (χ1) is 10.1. The third-order valence-corrected chi connectivity index (χ3v) is 3.14. The van der Waals surface area contributed by atoms with E-state index in [0.29, 0.717) is 22.6 Å². The number of imidazole rings is 1. The third-order valence-electron chi connectivity index (χ3n) is 3.14. The van der Waals surface area contributed by atoms with Crippen LogP contribution in [0.3, 0.4) is 0 Å². The van der Waals surface area contributed by atoms with Gasteiger partial charge in [-0.05, 0) is 18.2 Å². The van der Waals surface area contributed by atoms with Gasteiger partial charge in [-0.2, -0.15) is 0 Å². The first-order valence-electron chi connectivity index (χ1n) is 6.15. The Hall–Kier alpha value is -2.89. The van der Waals surface area contributed by atoms with Crippen molar-refractivity contribution in [1.29, 1.82) is 0 Å². The second kappa shape index (κ2) is 4.90. The van der Waals surface area contributed by atoms with E-state index >= 15 is 0 Å². The van der Waals surface area contributed by atoms with Crippen molar-refractivity contribution in [2.24, 2.45) is 0 Å². The maximum Gasteiger partial charge on any atom is 0.338 e. The number of methoxy groups -OCH3 is 1. The molecule has 0 atom stereocenters. The van der Waals surface area contributed by atoms with Crippen molar-refractivity contribution in [2.75, 3.05) is 7.11 Å². The summed E-state index contributed by atoms with van der Waals surface area (Å²) in [6.45, 7) is 0. The number of hydrogen-bond acceptors (Lipinski definition) is 3. The van der Waals surface area contributed by atoms with Gasteiger partial charge in [-0.15, -0.1) is 0 Å². The van der Waals surface area contributed by atoms with Gasteiger partial charge in [-0.25, -0.2) is 14.2 Å². The van der Waals surface area contributed by atoms with Gasteiger partial charge in [0.25, 0.3) is 0 Å². The number of aromatic nitrogens is 2. The molecule has 1 heterocycles. The summed E-state index contributed by atoms with van der Waals surface area (Å²) in [7, 11) is 1.56. The Morgan fingerprint density at radius 2 is 2.14 bits per heavy atom. The normalized spacial score (nSPS) is 10.8. The number of halogens is 1. The van der Waals surface area contributed by atoms with Crippen LogP contribution in [0.4, 0.5) is 4.39 Å². The summed E-state index contributed by atoms with van der Waals surface area (Å²) in [4.78, 5) is 18.2. The van der Waals surface area contributed by atoms with E-state index in [1.807, 2.05) is 12.1 Å². The number of fused-ring (bicyclic) bond motifs is 1. The van der Waals surface area contributed by atoms with Gasteiger partial charge in [0.15, 0.2) is 0 Å². The molecule has 21 heavy (non-hydrogen) atoms. The van der Waals surface area contributed by atoms with E-state index in [9.17, 15) is 9.18 Å². The Balaban J connectivity index is 2.14. The fourth-order valence-electron chi connectivity index (χ4n) is 2.10. The second-order valence-corrected chi connectivity index (χ2v) is 4.47. The molecular formula is C15H11FN2O3. The predicted octanol–water partition coefficient (Wildman–Crippen LogP) is 3.08. The van der Waals surface area contributed by atoms with Gasteiger partial charge in [0.05, 0.1) is 23.7 Å². The zero-order chi connectivity index (χ0) is 15.0. The molecule has 3 rings (SSSR count). The molecule has 0 aliphatic rings. The number of nitrogens with zero attached hydrogens (tertiary/aromatic N) is 1. The lowest BCUT2D eigenvalue weighted by molar-refractivity contribution is 0.0692. The summed E-state index contributed by atoms with van der Waals surface area (Å²) < 4.78 is 18.8. The monoisotopic (exact) mass is 286 g/mol. The standard InChI is InChI=1S/C15H11FN2O3/c1-21-9-4-2-3-8(5-9)14-17-12-6-10(15(19)20)11(16)7-13(12)18-14/h2-7H,1H3,(H,17,18)(H,19,20). The lowest BCUT2D eigenvalue weighted by atomic mass is 10.2. The van der Waals surface area contributed by atoms with Crippen LogP contribution in [0.2, 0.25) is 0 Å². The fraction of sp³-hybridized carbons (Fsp3) is 0.0667. The molecule has 0 aliphatic carbocycles. The fourth-order valence-corrected chi connectivity index (χ4v) is 2.10. The molecule has 0 saturated carbocycles. The van der Waals surface area contributed by atoms with Crippen molar-refractivity contribution < 1.29 is 19.0 Å². The Labute approximate surface area is 119 Å². The average Bonchev–Trinajstić information content (AvgIpc) is 2.89. The molecule has 0 spiro atoms. The van der Waals surface area contributed by atoms with E-state index in [2.05, 4.69) is 9.97 Å². The molecule has 0 aliphatic heterocycles. The minimum absolute atomic E-state index is 0.395. The van der Waals surface area contributed by atoms with E-state index in [4.69, 9.17) is 9.84 Å². The maximum absolute atomic E-state index is 13.7. The van der Waals surface area contributed by atoms with Gasteiger partial charge in [0.1, 0.15) is 17.4 Å². The lowest BCUT2D eigenvalue weighted by Crippen LogP contribution is -1.99. The summed E-state index contributed by atoms with van der Waals surface area (Å²) in [6, 6.07) is 9.57. The molecule has 106 valence electrons. The molecule has 0 amide bonds. The number of carboxylic acids is 1. The van der Waals surface area contributed by atoms with Crippen LogP contribution in [0.15, 0.2) is 36.4 Å². The SMILES string of the molecule is COc1cccc(-c2nc3cc(C(=O)O)c(F)cc3[nH]2)c1. The van der Waals surface area contributed by atoms with Crippen molar-refractivity contribution in [3.05, 3.63) is 47.8 Å². The van der Waals surface area contributed by atoms with Gasteiger partial charge in [0.2, 0.25) is 0 Å². The minimum Gasteiger partial charge on any atom is -0.497 e. The highest BCUT2D eigenvalue weighted by atomic mass is 19.1. The van der Waals surface area contributed by atoms with Gasteiger partial charge in [-0.1, -0.05) is 12.1 Å². The van der Waals surface area contributed by atoms with E-state index in [1.54, 1.807) is 19.2 Å². The largest absolute Gasteiger partial charge is 0.497 e. The number of carbonyl (C=O) groups is 1. The van der Waals surface area contributed by atoms with Crippen LogP contribution in [0, 0.1) is 5.82 Å². The number of aromatic amines is 1. The molecule has 1 aromatic heterocycles. The highest BCUT2D eigenvalue weighted by Crippen LogP contribution is 2.25. The van der Waals surface area contributed by atoms with Crippen LogP contribution in [-0.4, -0.2) is 28.2 Å². The Morgan fingerprint density at radius 3 is 2.86 bits per heavy atom. The maximum atomic E-state index is 13.7. The number of carboxylic acid groups (broad SMARTS) is 1. The van der Waals surface area contributed by atoms with Crippen LogP contribution < -0.4 is 4.74 Å². The number of rotatable bonds is 3. The molecule has 0 unspecified atom stereocenters. The second-order valence-electron chi connectivity index (χ2n) is 4.47. The van der Waals surface area contributed by atoms with Crippen LogP contribution in [-0.2, 0) is 0 Å². The van der Waals surface area contributed by atoms with E-state index in [1.165, 1.54) is 6.07 Å². The summed E-state index contributed by atoms with van der Waals surface area (Å²) in [5, 5.41) is 8.92. The van der Waals surface area contributed by atoms with Crippen LogP contribution in [0.1, 0.15) is 10.4 Å². The molecule has 0 saturated heterocycles. The van der Waals surface area contributed by atoms with Crippen molar-refractivity contribution in [3.63, 3.8) is 0 Å². The number of nitrogens with one attached hydrogen (secondary N) is 1. The van der Waals surface area contributed by atoms with Crippen LogP contribution >= 0.6 is 0 Å². The smallest absolute Gasteiger partial charge is 0.338 e. The molecule has 2 aromatic carbocycles. The number of aromatic carboxylic acids is 1. The molecule has 5 nitrogen and oxygen atoms in total. The van der Waals surface area contributed by atoms with E-state index in [0.717, 1.165) is 11.6 Å². The summed E-state index contributed by atoms with van der Waals surface area (Å²) in [5.74, 6) is -0.924. The first kappa shape index (κ1) is 13.1. The summed E-state index contributed by atoms with van der Waals surface area (Å²) in [5.41, 5.74) is 1.20. The molecular weight excluding hydrogens is 275 g/mol. The first-order valence-corrected chi connectivity index (χ1v) is 6.15. The molecule has 3 aromatic rings. The number of benzene rings is 2. The molecule has 0 bridgehead atoms. The highest BCUT2D eigenvalue weighted by molar-refractivity contribution is 5.93. The highest BCUT2D eigenvalue weighted by Gasteiger charge is 2.14. The quantitative estimate of drug-likeness (QED) is 0.776. The van der Waals surface area contributed by atoms with E-state index in [-0.39, 0.29) is 0 Å². The lowest BCUT2D eigenvalue weighted by Gasteiger charge is -2.01. The zero-order valence-electron chi connectivity index (χ0n) is 11.1. The molecule has 0 radical (unpaired) electrons. The van der Waals surface area contributed by atoms with Crippen molar-refractivity contribution >= 4 is 17.0 Å². The van der Waals surface area contributed by atoms with Gasteiger partial charge >= 0.3 is 5.97 Å². The summed E-state index contributed by atoms with van der Waals surface area (Å²) in [6.07, 6.45) is 0. The number of hydrogen-bond donors (Lipinski definition) is 2. The third kappa shape index (κ3) is 2.31. The van der Waals surface area contributed by atoms with Gasteiger partial charge in [-0.3, -0.25) is 0 Å². The zero-order valence-corrected chi connectivity index (χ0v) is 11.1. The predicted molar refractivity (Wildman–Crippen MR) is 75.0 cm³/mol. The minimum atomic E-state index is -1.32. The number of H-pyrrole nitrogens is 1. The Kier molecular flexibility index (Phi) is 3.06. The summed E-state index contributed by atoms with van der Waals surface area (Å²) >= 11 is 0. The molecule has 2 N–H and O–H groups in total. The van der Waals surface area contributed by atoms with Crippen LogP contribution in [0.25, 0.3) is 22.4 Å². The Morgan fingerprint density at radius 1 is 1.33 bits per heavy atom. The molecule has 6 heteroatoms. The van der Waals surface area contributed by atoms with Gasteiger partial charge in [0, 0.05) is 11.6 Å². The number of ether oxygens (including phenoxy) is 1.